The first-order valence-corrected chi connectivity index (χ1v) is 7.38. The molecular formula is C18H21N3. The van der Waals surface area contributed by atoms with Gasteiger partial charge in [-0.1, -0.05) is 38.1 Å². The van der Waals surface area contributed by atoms with Crippen molar-refractivity contribution in [1.82, 2.24) is 4.98 Å². The zero-order valence-corrected chi connectivity index (χ0v) is 12.9. The molecule has 0 aliphatic carbocycles. The average molecular weight is 279 g/mol. The van der Waals surface area contributed by atoms with Crippen molar-refractivity contribution in [2.45, 2.75) is 27.2 Å². The van der Waals surface area contributed by atoms with Crippen LogP contribution >= 0.6 is 0 Å². The Kier molecular flexibility index (Phi) is 4.94. The Labute approximate surface area is 126 Å². The van der Waals surface area contributed by atoms with E-state index in [1.165, 1.54) is 5.56 Å². The van der Waals surface area contributed by atoms with Gasteiger partial charge in [-0.3, -0.25) is 0 Å². The van der Waals surface area contributed by atoms with Gasteiger partial charge in [-0.15, -0.1) is 0 Å². The molecule has 1 aromatic carbocycles. The maximum Gasteiger partial charge on any atom is 0.144 e. The molecule has 1 N–H and O–H groups in total. The van der Waals surface area contributed by atoms with Crippen LogP contribution in [-0.4, -0.2) is 11.5 Å². The molecular weight excluding hydrogens is 258 g/mol. The number of nitrogens with one attached hydrogen (secondary N) is 1. The molecule has 0 amide bonds. The first kappa shape index (κ1) is 15.1. The highest BCUT2D eigenvalue weighted by atomic mass is 15.0. The van der Waals surface area contributed by atoms with Gasteiger partial charge in [0.05, 0.1) is 11.3 Å². The second-order valence-electron chi connectivity index (χ2n) is 5.53. The molecule has 0 spiro atoms. The molecule has 0 saturated heterocycles. The Morgan fingerprint density at radius 2 is 1.86 bits per heavy atom. The van der Waals surface area contributed by atoms with Crippen molar-refractivity contribution in [2.24, 2.45) is 5.92 Å². The summed E-state index contributed by atoms with van der Waals surface area (Å²) in [5.74, 6) is 1.31. The van der Waals surface area contributed by atoms with Crippen LogP contribution in [0, 0.1) is 17.2 Å². The van der Waals surface area contributed by atoms with Gasteiger partial charge in [0.25, 0.3) is 0 Å². The van der Waals surface area contributed by atoms with Crippen LogP contribution in [0.15, 0.2) is 36.4 Å². The topological polar surface area (TPSA) is 48.7 Å². The molecule has 108 valence electrons. The molecule has 0 radical (unpaired) electrons. The molecule has 2 aromatic rings. The summed E-state index contributed by atoms with van der Waals surface area (Å²) in [6.07, 6.45) is 1.09. The van der Waals surface area contributed by atoms with E-state index in [0.717, 1.165) is 24.2 Å². The van der Waals surface area contributed by atoms with Crippen molar-refractivity contribution in [3.05, 3.63) is 47.5 Å². The van der Waals surface area contributed by atoms with E-state index < -0.39 is 0 Å². The number of anilines is 1. The summed E-state index contributed by atoms with van der Waals surface area (Å²) in [4.78, 5) is 4.56. The normalized spacial score (nSPS) is 10.4. The Hall–Kier alpha value is -2.34. The van der Waals surface area contributed by atoms with Crippen molar-refractivity contribution in [3.8, 4) is 17.3 Å². The monoisotopic (exact) mass is 279 g/mol. The van der Waals surface area contributed by atoms with Crippen molar-refractivity contribution in [1.29, 1.82) is 5.26 Å². The quantitative estimate of drug-likeness (QED) is 0.890. The fourth-order valence-electron chi connectivity index (χ4n) is 2.30. The summed E-state index contributed by atoms with van der Waals surface area (Å²) in [5.41, 5.74) is 3.89. The number of aromatic nitrogens is 1. The number of hydrogen-bond acceptors (Lipinski definition) is 3. The Bertz CT molecular complexity index is 637. The lowest BCUT2D eigenvalue weighted by Crippen LogP contribution is -2.02. The molecule has 21 heavy (non-hydrogen) atoms. The van der Waals surface area contributed by atoms with Gasteiger partial charge < -0.3 is 5.32 Å². The number of hydrogen-bond donors (Lipinski definition) is 1. The minimum atomic E-state index is 0.581. The van der Waals surface area contributed by atoms with E-state index >= 15 is 0 Å². The van der Waals surface area contributed by atoms with Crippen LogP contribution < -0.4 is 5.32 Å². The molecule has 0 aliphatic heterocycles. The van der Waals surface area contributed by atoms with Crippen LogP contribution in [0.5, 0.6) is 0 Å². The van der Waals surface area contributed by atoms with E-state index in [2.05, 4.69) is 54.5 Å². The summed E-state index contributed by atoms with van der Waals surface area (Å²) >= 11 is 0. The minimum Gasteiger partial charge on any atom is -0.369 e. The van der Waals surface area contributed by atoms with Crippen molar-refractivity contribution >= 4 is 5.82 Å². The third kappa shape index (κ3) is 3.82. The van der Waals surface area contributed by atoms with Gasteiger partial charge in [0.1, 0.15) is 11.9 Å². The number of nitriles is 1. The van der Waals surface area contributed by atoms with Gasteiger partial charge in [0.15, 0.2) is 0 Å². The molecule has 0 bridgehead atoms. The highest BCUT2D eigenvalue weighted by Crippen LogP contribution is 2.22. The summed E-state index contributed by atoms with van der Waals surface area (Å²) in [7, 11) is 0. The van der Waals surface area contributed by atoms with Gasteiger partial charge in [-0.2, -0.15) is 5.26 Å². The maximum absolute atomic E-state index is 9.10. The van der Waals surface area contributed by atoms with Gasteiger partial charge in [0.2, 0.25) is 0 Å². The lowest BCUT2D eigenvalue weighted by molar-refractivity contribution is 0.647. The van der Waals surface area contributed by atoms with Gasteiger partial charge >= 0.3 is 0 Å². The van der Waals surface area contributed by atoms with E-state index in [4.69, 9.17) is 5.26 Å². The second kappa shape index (κ2) is 6.90. The van der Waals surface area contributed by atoms with Crippen molar-refractivity contribution in [3.63, 3.8) is 0 Å². The van der Waals surface area contributed by atoms with Crippen LogP contribution in [0.2, 0.25) is 0 Å². The maximum atomic E-state index is 9.10. The molecule has 1 heterocycles. The summed E-state index contributed by atoms with van der Waals surface area (Å²) in [6, 6.07) is 14.4. The number of benzene rings is 1. The zero-order valence-electron chi connectivity index (χ0n) is 12.9. The fourth-order valence-corrected chi connectivity index (χ4v) is 2.30. The van der Waals surface area contributed by atoms with E-state index in [1.54, 1.807) is 0 Å². The van der Waals surface area contributed by atoms with Crippen molar-refractivity contribution < 1.29 is 0 Å². The molecule has 1 aromatic heterocycles. The molecule has 3 nitrogen and oxygen atoms in total. The van der Waals surface area contributed by atoms with Crippen LogP contribution in [0.25, 0.3) is 11.3 Å². The number of rotatable bonds is 5. The number of nitrogens with zero attached hydrogens (tertiary/aromatic N) is 2. The van der Waals surface area contributed by atoms with Gasteiger partial charge in [-0.25, -0.2) is 4.98 Å². The van der Waals surface area contributed by atoms with E-state index in [9.17, 15) is 0 Å². The second-order valence-corrected chi connectivity index (χ2v) is 5.53. The fraction of sp³-hybridized carbons (Fsp3) is 0.333. The highest BCUT2D eigenvalue weighted by Gasteiger charge is 2.06. The first-order chi connectivity index (χ1) is 10.1. The highest BCUT2D eigenvalue weighted by molar-refractivity contribution is 5.65. The van der Waals surface area contributed by atoms with E-state index in [-0.39, 0.29) is 0 Å². The van der Waals surface area contributed by atoms with Gasteiger partial charge in [-0.05, 0) is 37.0 Å². The van der Waals surface area contributed by atoms with Crippen LogP contribution in [0.3, 0.4) is 0 Å². The summed E-state index contributed by atoms with van der Waals surface area (Å²) in [5, 5.41) is 12.2. The van der Waals surface area contributed by atoms with Gasteiger partial charge in [0, 0.05) is 12.1 Å². The third-order valence-electron chi connectivity index (χ3n) is 3.25. The van der Waals surface area contributed by atoms with E-state index in [1.807, 2.05) is 19.1 Å². The Balaban J connectivity index is 2.29. The lowest BCUT2D eigenvalue weighted by Gasteiger charge is -2.09. The minimum absolute atomic E-state index is 0.581. The smallest absolute Gasteiger partial charge is 0.144 e. The molecule has 3 heteroatoms. The van der Waals surface area contributed by atoms with Crippen LogP contribution in [0.1, 0.15) is 31.9 Å². The standard InChI is InChI=1S/C18H21N3/c1-4-20-18-16(12-19)9-10-17(21-18)15-7-5-14(6-8-15)11-13(2)3/h5-10,13H,4,11H2,1-3H3,(H,20,21). The first-order valence-electron chi connectivity index (χ1n) is 7.38. The predicted molar refractivity (Wildman–Crippen MR) is 87.1 cm³/mol. The number of pyridine rings is 1. The Morgan fingerprint density at radius 1 is 1.14 bits per heavy atom. The summed E-state index contributed by atoms with van der Waals surface area (Å²) < 4.78 is 0. The molecule has 0 fully saturated rings. The predicted octanol–water partition coefficient (Wildman–Crippen LogP) is 4.25. The van der Waals surface area contributed by atoms with E-state index in [0.29, 0.717) is 17.3 Å². The lowest BCUT2D eigenvalue weighted by atomic mass is 10.0. The average Bonchev–Trinajstić information content (AvgIpc) is 2.48. The molecule has 0 unspecified atom stereocenters. The molecule has 0 atom stereocenters. The molecule has 0 saturated carbocycles. The van der Waals surface area contributed by atoms with Crippen LogP contribution in [0.4, 0.5) is 5.82 Å². The third-order valence-corrected chi connectivity index (χ3v) is 3.25. The SMILES string of the molecule is CCNc1nc(-c2ccc(CC(C)C)cc2)ccc1C#N. The Morgan fingerprint density at radius 3 is 2.43 bits per heavy atom. The molecule has 2 rings (SSSR count). The largest absolute Gasteiger partial charge is 0.369 e. The van der Waals surface area contributed by atoms with Crippen LogP contribution in [-0.2, 0) is 6.42 Å². The molecule has 0 aliphatic rings. The van der Waals surface area contributed by atoms with Crippen molar-refractivity contribution in [2.75, 3.05) is 11.9 Å². The zero-order chi connectivity index (χ0) is 15.2. The summed E-state index contributed by atoms with van der Waals surface area (Å²) in [6.45, 7) is 7.19.